The third-order valence-corrected chi connectivity index (χ3v) is 3.83. The van der Waals surface area contributed by atoms with E-state index in [4.69, 9.17) is 0 Å². The fourth-order valence-electron chi connectivity index (χ4n) is 2.49. The van der Waals surface area contributed by atoms with Crippen molar-refractivity contribution in [2.24, 2.45) is 0 Å². The summed E-state index contributed by atoms with van der Waals surface area (Å²) in [6.45, 7) is 3.90. The van der Waals surface area contributed by atoms with E-state index in [2.05, 4.69) is 5.32 Å². The van der Waals surface area contributed by atoms with E-state index in [0.29, 0.717) is 5.56 Å². The molecular formula is C18H22FNO2. The monoisotopic (exact) mass is 303 g/mol. The lowest BCUT2D eigenvalue weighted by molar-refractivity contribution is 0.130. The van der Waals surface area contributed by atoms with Crippen LogP contribution in [-0.2, 0) is 6.61 Å². The van der Waals surface area contributed by atoms with Crippen molar-refractivity contribution in [2.75, 3.05) is 0 Å². The topological polar surface area (TPSA) is 52.5 Å². The van der Waals surface area contributed by atoms with Crippen LogP contribution >= 0.6 is 0 Å². The fraction of sp³-hybridized carbons (Fsp3) is 0.333. The van der Waals surface area contributed by atoms with Crippen LogP contribution in [0.15, 0.2) is 48.5 Å². The fourth-order valence-corrected chi connectivity index (χ4v) is 2.49. The number of benzene rings is 2. The molecule has 22 heavy (non-hydrogen) atoms. The number of hydrogen-bond donors (Lipinski definition) is 3. The van der Waals surface area contributed by atoms with Crippen molar-refractivity contribution in [2.45, 2.75) is 38.6 Å². The van der Waals surface area contributed by atoms with Crippen molar-refractivity contribution in [3.05, 3.63) is 71.0 Å². The molecule has 3 N–H and O–H groups in total. The highest BCUT2D eigenvalue weighted by molar-refractivity contribution is 5.26. The first-order chi connectivity index (χ1) is 10.5. The van der Waals surface area contributed by atoms with Gasteiger partial charge in [-0.1, -0.05) is 36.4 Å². The van der Waals surface area contributed by atoms with E-state index in [0.717, 1.165) is 11.1 Å². The van der Waals surface area contributed by atoms with Gasteiger partial charge in [-0.05, 0) is 42.7 Å². The Morgan fingerprint density at radius 2 is 1.73 bits per heavy atom. The minimum Gasteiger partial charge on any atom is -0.392 e. The van der Waals surface area contributed by atoms with Crippen molar-refractivity contribution in [1.29, 1.82) is 0 Å². The summed E-state index contributed by atoms with van der Waals surface area (Å²) in [4.78, 5) is 0. The van der Waals surface area contributed by atoms with E-state index in [1.807, 2.05) is 38.1 Å². The van der Waals surface area contributed by atoms with Gasteiger partial charge in [-0.15, -0.1) is 0 Å². The molecule has 3 nitrogen and oxygen atoms in total. The number of rotatable bonds is 6. The molecule has 0 fully saturated rings. The zero-order valence-corrected chi connectivity index (χ0v) is 12.8. The zero-order valence-electron chi connectivity index (χ0n) is 12.8. The molecule has 3 atom stereocenters. The number of aliphatic hydroxyl groups is 2. The summed E-state index contributed by atoms with van der Waals surface area (Å²) in [6, 6.07) is 13.4. The Kier molecular flexibility index (Phi) is 5.66. The Bertz CT molecular complexity index is 600. The molecule has 0 amide bonds. The minimum absolute atomic E-state index is 0.00825. The molecule has 118 valence electrons. The van der Waals surface area contributed by atoms with Crippen LogP contribution in [-0.4, -0.2) is 16.3 Å². The number of halogens is 1. The molecule has 0 spiro atoms. The van der Waals surface area contributed by atoms with Crippen LogP contribution in [0.5, 0.6) is 0 Å². The van der Waals surface area contributed by atoms with Crippen molar-refractivity contribution in [3.63, 3.8) is 0 Å². The third kappa shape index (κ3) is 4.13. The van der Waals surface area contributed by atoms with Gasteiger partial charge in [-0.3, -0.25) is 0 Å². The molecule has 0 aromatic heterocycles. The van der Waals surface area contributed by atoms with Crippen LogP contribution in [0.3, 0.4) is 0 Å². The van der Waals surface area contributed by atoms with Crippen LogP contribution in [0.4, 0.5) is 4.39 Å². The summed E-state index contributed by atoms with van der Waals surface area (Å²) in [7, 11) is 0. The van der Waals surface area contributed by atoms with E-state index in [1.165, 1.54) is 12.1 Å². The van der Waals surface area contributed by atoms with E-state index in [9.17, 15) is 14.6 Å². The average Bonchev–Trinajstić information content (AvgIpc) is 2.54. The zero-order chi connectivity index (χ0) is 16.1. The molecule has 0 heterocycles. The van der Waals surface area contributed by atoms with E-state index < -0.39 is 6.10 Å². The maximum absolute atomic E-state index is 12.9. The lowest BCUT2D eigenvalue weighted by Gasteiger charge is -2.25. The van der Waals surface area contributed by atoms with Gasteiger partial charge in [-0.25, -0.2) is 4.39 Å². The van der Waals surface area contributed by atoms with Gasteiger partial charge in [0.15, 0.2) is 0 Å². The second-order valence-corrected chi connectivity index (χ2v) is 5.58. The standard InChI is InChI=1S/C18H22FNO2/c1-12(16-5-3-4-14(10-16)11-21)20-13(2)18(22)15-6-8-17(19)9-7-15/h3-10,12-13,18,20-22H,11H2,1-2H3. The van der Waals surface area contributed by atoms with Gasteiger partial charge < -0.3 is 15.5 Å². The van der Waals surface area contributed by atoms with E-state index >= 15 is 0 Å². The highest BCUT2D eigenvalue weighted by Gasteiger charge is 2.19. The van der Waals surface area contributed by atoms with Crippen molar-refractivity contribution in [3.8, 4) is 0 Å². The summed E-state index contributed by atoms with van der Waals surface area (Å²) in [5.74, 6) is -0.314. The Morgan fingerprint density at radius 1 is 1.05 bits per heavy atom. The molecule has 2 aromatic carbocycles. The first-order valence-electron chi connectivity index (χ1n) is 7.40. The van der Waals surface area contributed by atoms with Gasteiger partial charge in [0.2, 0.25) is 0 Å². The number of nitrogens with one attached hydrogen (secondary N) is 1. The van der Waals surface area contributed by atoms with E-state index in [1.54, 1.807) is 12.1 Å². The molecule has 4 heteroatoms. The molecule has 0 aliphatic rings. The predicted molar refractivity (Wildman–Crippen MR) is 84.7 cm³/mol. The van der Waals surface area contributed by atoms with E-state index in [-0.39, 0.29) is 24.5 Å². The molecule has 0 aliphatic heterocycles. The molecule has 0 saturated carbocycles. The first-order valence-corrected chi connectivity index (χ1v) is 7.40. The van der Waals surface area contributed by atoms with Gasteiger partial charge >= 0.3 is 0 Å². The molecule has 0 aliphatic carbocycles. The van der Waals surface area contributed by atoms with Gasteiger partial charge in [-0.2, -0.15) is 0 Å². The SMILES string of the molecule is CC(NC(C)C(O)c1ccc(F)cc1)c1cccc(CO)c1. The van der Waals surface area contributed by atoms with Gasteiger partial charge in [0.1, 0.15) is 5.82 Å². The predicted octanol–water partition coefficient (Wildman–Crippen LogP) is 3.09. The first kappa shape index (κ1) is 16.6. The largest absolute Gasteiger partial charge is 0.392 e. The Hall–Kier alpha value is -1.75. The molecular weight excluding hydrogens is 281 g/mol. The Balaban J connectivity index is 2.03. The second kappa shape index (κ2) is 7.49. The molecule has 0 radical (unpaired) electrons. The van der Waals surface area contributed by atoms with Crippen LogP contribution < -0.4 is 5.32 Å². The molecule has 0 saturated heterocycles. The van der Waals surface area contributed by atoms with Gasteiger partial charge in [0.25, 0.3) is 0 Å². The molecule has 0 bridgehead atoms. The average molecular weight is 303 g/mol. The summed E-state index contributed by atoms with van der Waals surface area (Å²) in [6.07, 6.45) is -0.718. The summed E-state index contributed by atoms with van der Waals surface area (Å²) in [5, 5.41) is 22.9. The van der Waals surface area contributed by atoms with Gasteiger partial charge in [0.05, 0.1) is 12.7 Å². The minimum atomic E-state index is -0.718. The molecule has 3 unspecified atom stereocenters. The normalized spacial score (nSPS) is 15.3. The van der Waals surface area contributed by atoms with Crippen LogP contribution in [0.25, 0.3) is 0 Å². The van der Waals surface area contributed by atoms with Gasteiger partial charge in [0, 0.05) is 12.1 Å². The van der Waals surface area contributed by atoms with Crippen LogP contribution in [0.1, 0.15) is 42.7 Å². The van der Waals surface area contributed by atoms with Crippen molar-refractivity contribution < 1.29 is 14.6 Å². The third-order valence-electron chi connectivity index (χ3n) is 3.83. The van der Waals surface area contributed by atoms with Crippen LogP contribution in [0.2, 0.25) is 0 Å². The lowest BCUT2D eigenvalue weighted by atomic mass is 10.0. The maximum Gasteiger partial charge on any atom is 0.123 e. The maximum atomic E-state index is 12.9. The lowest BCUT2D eigenvalue weighted by Crippen LogP contribution is -2.34. The highest BCUT2D eigenvalue weighted by Crippen LogP contribution is 2.21. The smallest absolute Gasteiger partial charge is 0.123 e. The quantitative estimate of drug-likeness (QED) is 0.768. The number of hydrogen-bond acceptors (Lipinski definition) is 3. The second-order valence-electron chi connectivity index (χ2n) is 5.58. The molecule has 2 aromatic rings. The van der Waals surface area contributed by atoms with Crippen molar-refractivity contribution >= 4 is 0 Å². The Labute approximate surface area is 130 Å². The summed E-state index contributed by atoms with van der Waals surface area (Å²) >= 11 is 0. The summed E-state index contributed by atoms with van der Waals surface area (Å²) in [5.41, 5.74) is 2.58. The highest BCUT2D eigenvalue weighted by atomic mass is 19.1. The molecule has 2 rings (SSSR count). The number of aliphatic hydroxyl groups excluding tert-OH is 2. The van der Waals surface area contributed by atoms with Crippen LogP contribution in [0, 0.1) is 5.82 Å². The Morgan fingerprint density at radius 3 is 2.36 bits per heavy atom. The van der Waals surface area contributed by atoms with Crippen molar-refractivity contribution in [1.82, 2.24) is 5.32 Å². The summed E-state index contributed by atoms with van der Waals surface area (Å²) < 4.78 is 12.9.